The number of carbonyl (C=O) groups is 2. The second-order valence-corrected chi connectivity index (χ2v) is 12.8. The third-order valence-electron chi connectivity index (χ3n) is 8.40. The van der Waals surface area contributed by atoms with Crippen LogP contribution in [-0.2, 0) is 21.8 Å². The van der Waals surface area contributed by atoms with Gasteiger partial charge in [0.05, 0.1) is 11.4 Å². The molecule has 2 saturated heterocycles. The van der Waals surface area contributed by atoms with Gasteiger partial charge in [-0.15, -0.1) is 0 Å². The van der Waals surface area contributed by atoms with Crippen LogP contribution < -0.4 is 11.1 Å². The molecule has 0 saturated carbocycles. The zero-order valence-electron chi connectivity index (χ0n) is 26.0. The normalized spacial score (nSPS) is 16.3. The predicted molar refractivity (Wildman–Crippen MR) is 176 cm³/mol. The maximum atomic E-state index is 13.0. The Morgan fingerprint density at radius 1 is 1.00 bits per heavy atom. The number of nitrogens with one attached hydrogen (secondary N) is 1. The maximum Gasteiger partial charge on any atom is 0.223 e. The highest BCUT2D eigenvalue weighted by Crippen LogP contribution is 2.29. The molecule has 2 aliphatic rings. The van der Waals surface area contributed by atoms with Gasteiger partial charge in [-0.1, -0.05) is 30.0 Å². The quantitative estimate of drug-likeness (QED) is 0.252. The standard InChI is InChI=1S/C33H41N9O2S/c1-23(43)36-27-8-6-25(7-9-27)31-29(20-34)32(35)39-33(38-31)45-22-28-5-3-4-26(37-28)10-11-30(44)42-18-16-41(17-19-42)21-24-12-14-40(2)15-13-24/h3-9,24H,10-19,21-22H2,1-2H3,(H,36,43)(H2,35,38,39). The van der Waals surface area contributed by atoms with Crippen LogP contribution in [0.3, 0.4) is 0 Å². The lowest BCUT2D eigenvalue weighted by Crippen LogP contribution is -2.50. The first-order valence-corrected chi connectivity index (χ1v) is 16.5. The van der Waals surface area contributed by atoms with Crippen molar-refractivity contribution in [1.82, 2.24) is 29.7 Å². The molecule has 2 aliphatic heterocycles. The summed E-state index contributed by atoms with van der Waals surface area (Å²) in [7, 11) is 2.20. The molecule has 0 radical (unpaired) electrons. The van der Waals surface area contributed by atoms with Crippen molar-refractivity contribution in [2.75, 3.05) is 63.9 Å². The highest BCUT2D eigenvalue weighted by molar-refractivity contribution is 7.98. The lowest BCUT2D eigenvalue weighted by Gasteiger charge is -2.38. The molecular weight excluding hydrogens is 586 g/mol. The SMILES string of the molecule is CC(=O)Nc1ccc(-c2nc(SCc3cccc(CCC(=O)N4CCN(CC5CCN(C)CC5)CC4)n3)nc(N)c2C#N)cc1. The molecule has 2 amide bonds. The average molecular weight is 628 g/mol. The molecule has 4 heterocycles. The van der Waals surface area contributed by atoms with E-state index < -0.39 is 0 Å². The highest BCUT2D eigenvalue weighted by Gasteiger charge is 2.25. The van der Waals surface area contributed by atoms with Crippen LogP contribution in [-0.4, -0.2) is 94.3 Å². The minimum Gasteiger partial charge on any atom is -0.382 e. The van der Waals surface area contributed by atoms with E-state index in [0.29, 0.717) is 40.7 Å². The van der Waals surface area contributed by atoms with Crippen molar-refractivity contribution in [1.29, 1.82) is 5.26 Å². The number of likely N-dealkylation sites (tertiary alicyclic amines) is 1. The van der Waals surface area contributed by atoms with E-state index in [4.69, 9.17) is 10.7 Å². The number of nitriles is 1. The van der Waals surface area contributed by atoms with E-state index in [1.807, 2.05) is 23.1 Å². The number of piperazine rings is 1. The van der Waals surface area contributed by atoms with Crippen molar-refractivity contribution in [3.8, 4) is 17.3 Å². The second-order valence-electron chi connectivity index (χ2n) is 11.8. The van der Waals surface area contributed by atoms with E-state index in [-0.39, 0.29) is 23.2 Å². The fourth-order valence-electron chi connectivity index (χ4n) is 5.83. The van der Waals surface area contributed by atoms with Gasteiger partial charge in [0.1, 0.15) is 17.5 Å². The van der Waals surface area contributed by atoms with E-state index in [9.17, 15) is 14.9 Å². The number of hydrogen-bond donors (Lipinski definition) is 2. The summed E-state index contributed by atoms with van der Waals surface area (Å²) in [5.74, 6) is 1.42. The number of nitrogens with zero attached hydrogens (tertiary/aromatic N) is 7. The number of nitrogen functional groups attached to an aromatic ring is 1. The first-order chi connectivity index (χ1) is 21.8. The number of pyridine rings is 1. The molecule has 0 unspecified atom stereocenters. The molecule has 2 fully saturated rings. The molecule has 0 aliphatic carbocycles. The van der Waals surface area contributed by atoms with Crippen LogP contribution in [0.15, 0.2) is 47.6 Å². The number of piperidine rings is 1. The van der Waals surface area contributed by atoms with Gasteiger partial charge in [0.2, 0.25) is 11.8 Å². The Kier molecular flexibility index (Phi) is 11.0. The lowest BCUT2D eigenvalue weighted by molar-refractivity contribution is -0.133. The molecule has 45 heavy (non-hydrogen) atoms. The summed E-state index contributed by atoms with van der Waals surface area (Å²) < 4.78 is 0. The van der Waals surface area contributed by atoms with Gasteiger partial charge < -0.3 is 20.9 Å². The number of hydrogen-bond acceptors (Lipinski definition) is 10. The largest absolute Gasteiger partial charge is 0.382 e. The summed E-state index contributed by atoms with van der Waals surface area (Å²) >= 11 is 1.38. The Bertz CT molecular complexity index is 1530. The maximum absolute atomic E-state index is 13.0. The van der Waals surface area contributed by atoms with Crippen molar-refractivity contribution in [2.45, 2.75) is 43.5 Å². The fourth-order valence-corrected chi connectivity index (χ4v) is 6.58. The molecule has 12 heteroatoms. The average Bonchev–Trinajstić information content (AvgIpc) is 3.04. The fraction of sp³-hybridized carbons (Fsp3) is 0.455. The highest BCUT2D eigenvalue weighted by atomic mass is 32.2. The molecule has 1 aromatic carbocycles. The zero-order chi connectivity index (χ0) is 31.8. The molecule has 0 bridgehead atoms. The number of anilines is 2. The molecule has 0 atom stereocenters. The van der Waals surface area contributed by atoms with Crippen molar-refractivity contribution in [3.63, 3.8) is 0 Å². The Balaban J connectivity index is 1.13. The number of carbonyl (C=O) groups excluding carboxylic acids is 2. The number of amides is 2. The Morgan fingerprint density at radius 2 is 1.71 bits per heavy atom. The van der Waals surface area contributed by atoms with Crippen molar-refractivity contribution < 1.29 is 9.59 Å². The lowest BCUT2D eigenvalue weighted by atomic mass is 9.96. The molecule has 2 aromatic heterocycles. The molecule has 0 spiro atoms. The minimum atomic E-state index is -0.165. The summed E-state index contributed by atoms with van der Waals surface area (Å²) in [4.78, 5) is 45.0. The summed E-state index contributed by atoms with van der Waals surface area (Å²) in [6.45, 7) is 8.47. The van der Waals surface area contributed by atoms with Crippen LogP contribution in [0.25, 0.3) is 11.3 Å². The number of thioether (sulfide) groups is 1. The van der Waals surface area contributed by atoms with E-state index in [1.165, 1.54) is 44.6 Å². The number of benzene rings is 1. The summed E-state index contributed by atoms with van der Waals surface area (Å²) in [6.07, 6.45) is 3.57. The first kappa shape index (κ1) is 32.3. The monoisotopic (exact) mass is 627 g/mol. The summed E-state index contributed by atoms with van der Waals surface area (Å²) in [5, 5.41) is 12.9. The summed E-state index contributed by atoms with van der Waals surface area (Å²) in [5.41, 5.74) is 9.85. The van der Waals surface area contributed by atoms with Gasteiger partial charge in [-0.25, -0.2) is 9.97 Å². The van der Waals surface area contributed by atoms with Gasteiger partial charge in [-0.3, -0.25) is 19.5 Å². The number of aromatic nitrogens is 3. The third-order valence-corrected chi connectivity index (χ3v) is 9.28. The number of rotatable bonds is 10. The van der Waals surface area contributed by atoms with Crippen molar-refractivity contribution >= 4 is 35.1 Å². The van der Waals surface area contributed by atoms with Gasteiger partial charge >= 0.3 is 0 Å². The number of nitrogens with two attached hydrogens (primary N) is 1. The Labute approximate surface area is 269 Å². The minimum absolute atomic E-state index is 0.110. The van der Waals surface area contributed by atoms with Crippen LogP contribution in [0, 0.1) is 17.2 Å². The molecule has 236 valence electrons. The Morgan fingerprint density at radius 3 is 2.40 bits per heavy atom. The van der Waals surface area contributed by atoms with Gasteiger partial charge in [0.15, 0.2) is 5.16 Å². The Hall–Kier alpha value is -4.05. The summed E-state index contributed by atoms with van der Waals surface area (Å²) in [6, 6.07) is 15.0. The van der Waals surface area contributed by atoms with Crippen molar-refractivity contribution in [3.05, 3.63) is 59.4 Å². The van der Waals surface area contributed by atoms with E-state index in [2.05, 4.69) is 38.2 Å². The zero-order valence-corrected chi connectivity index (χ0v) is 26.9. The predicted octanol–water partition coefficient (Wildman–Crippen LogP) is 3.66. The van der Waals surface area contributed by atoms with Gasteiger partial charge in [-0.05, 0) is 69.6 Å². The number of aryl methyl sites for hydroxylation is 1. The van der Waals surface area contributed by atoms with Crippen LogP contribution in [0.5, 0.6) is 0 Å². The molecule has 3 N–H and O–H groups in total. The van der Waals surface area contributed by atoms with E-state index in [0.717, 1.165) is 50.0 Å². The van der Waals surface area contributed by atoms with Crippen LogP contribution >= 0.6 is 11.8 Å². The second kappa shape index (κ2) is 15.3. The van der Waals surface area contributed by atoms with E-state index in [1.54, 1.807) is 24.3 Å². The van der Waals surface area contributed by atoms with Crippen LogP contribution in [0.1, 0.15) is 43.1 Å². The molecule has 5 rings (SSSR count). The van der Waals surface area contributed by atoms with Crippen LogP contribution in [0.2, 0.25) is 0 Å². The smallest absolute Gasteiger partial charge is 0.223 e. The van der Waals surface area contributed by atoms with Gasteiger partial charge in [0, 0.05) is 68.8 Å². The topological polar surface area (TPSA) is 144 Å². The molecule has 11 nitrogen and oxygen atoms in total. The molecule has 3 aromatic rings. The van der Waals surface area contributed by atoms with E-state index >= 15 is 0 Å². The van der Waals surface area contributed by atoms with Crippen molar-refractivity contribution in [2.24, 2.45) is 5.92 Å². The third kappa shape index (κ3) is 9.00. The van der Waals surface area contributed by atoms with Gasteiger partial charge in [0.25, 0.3) is 0 Å². The molecular formula is C33H41N9O2S. The first-order valence-electron chi connectivity index (χ1n) is 15.5. The van der Waals surface area contributed by atoms with Gasteiger partial charge in [-0.2, -0.15) is 5.26 Å². The van der Waals surface area contributed by atoms with Crippen LogP contribution in [0.4, 0.5) is 11.5 Å².